The number of aliphatic hydroxyl groups is 1. The summed E-state index contributed by atoms with van der Waals surface area (Å²) in [4.78, 5) is 8.40. The Balaban J connectivity index is 1.57. The minimum Gasteiger partial charge on any atom is -0.492 e. The van der Waals surface area contributed by atoms with Gasteiger partial charge in [0.1, 0.15) is 29.9 Å². The van der Waals surface area contributed by atoms with Crippen molar-refractivity contribution in [2.45, 2.75) is 63.5 Å². The number of hydrogen-bond donors (Lipinski definition) is 2. The molecule has 1 aliphatic heterocycles. The molecular weight excluding hydrogens is 540 g/mol. The summed E-state index contributed by atoms with van der Waals surface area (Å²) in [6.45, 7) is 5.61. The minimum absolute atomic E-state index is 0.0410. The molecule has 0 aliphatic carbocycles. The number of nitrogens with zero attached hydrogens (tertiary/aromatic N) is 3. The maximum Gasteiger partial charge on any atom is 0.418 e. The first-order valence-corrected chi connectivity index (χ1v) is 11.3. The fourth-order valence-electron chi connectivity index (χ4n) is 4.33. The van der Waals surface area contributed by atoms with E-state index in [4.69, 9.17) is 9.15 Å². The first-order chi connectivity index (χ1) is 15.0. The second-order valence-corrected chi connectivity index (χ2v) is 9.51. The van der Waals surface area contributed by atoms with Gasteiger partial charge in [0.25, 0.3) is 3.90 Å². The molecule has 1 saturated heterocycles. The van der Waals surface area contributed by atoms with E-state index in [1.807, 2.05) is 29.5 Å². The topological polar surface area (TPSA) is 85.3 Å². The Morgan fingerprint density at radius 1 is 1.38 bits per heavy atom. The normalized spacial score (nSPS) is 24.4. The van der Waals surface area contributed by atoms with Gasteiger partial charge in [-0.15, -0.1) is 0 Å². The molecule has 2 aromatic heterocycles. The molecule has 1 aliphatic rings. The van der Waals surface area contributed by atoms with Crippen LogP contribution in [0.25, 0.3) is 11.0 Å². The highest BCUT2D eigenvalue weighted by Crippen LogP contribution is 2.39. The van der Waals surface area contributed by atoms with Crippen molar-refractivity contribution in [1.29, 1.82) is 0 Å². The number of alkyl halides is 3. The van der Waals surface area contributed by atoms with E-state index in [0.29, 0.717) is 16.0 Å². The van der Waals surface area contributed by atoms with Crippen LogP contribution in [0.4, 0.5) is 13.2 Å². The van der Waals surface area contributed by atoms with Crippen LogP contribution in [0.2, 0.25) is 0 Å². The molecule has 0 radical (unpaired) electrons. The van der Waals surface area contributed by atoms with Crippen molar-refractivity contribution in [3.05, 3.63) is 39.9 Å². The van der Waals surface area contributed by atoms with Gasteiger partial charge in [0, 0.05) is 53.2 Å². The first-order valence-electron chi connectivity index (χ1n) is 10.3. The molecule has 1 fully saturated rings. The molecule has 1 aromatic carbocycles. The van der Waals surface area contributed by atoms with Crippen molar-refractivity contribution in [2.75, 3.05) is 6.61 Å². The number of rotatable bonds is 5. The summed E-state index contributed by atoms with van der Waals surface area (Å²) in [5.41, 5.74) is -1.28. The SMILES string of the molecule is CC1CC(O)(c2coc(I)n2)C[C@@H](COc2cc(C(F)(F)F)c3c(c2)ncn3C(C)C)N1. The van der Waals surface area contributed by atoms with E-state index in [-0.39, 0.29) is 47.9 Å². The molecule has 0 bridgehead atoms. The second kappa shape index (κ2) is 8.49. The number of imidazole rings is 1. The summed E-state index contributed by atoms with van der Waals surface area (Å²) in [6.07, 6.45) is -0.976. The van der Waals surface area contributed by atoms with Crippen LogP contribution >= 0.6 is 22.6 Å². The highest BCUT2D eigenvalue weighted by Gasteiger charge is 2.41. The third kappa shape index (κ3) is 4.60. The smallest absolute Gasteiger partial charge is 0.418 e. The van der Waals surface area contributed by atoms with E-state index >= 15 is 0 Å². The third-order valence-electron chi connectivity index (χ3n) is 5.66. The van der Waals surface area contributed by atoms with E-state index < -0.39 is 17.3 Å². The fourth-order valence-corrected chi connectivity index (χ4v) is 4.72. The van der Waals surface area contributed by atoms with Crippen molar-refractivity contribution in [3.8, 4) is 5.75 Å². The Labute approximate surface area is 196 Å². The first kappa shape index (κ1) is 23.3. The van der Waals surface area contributed by atoms with Crippen LogP contribution in [0, 0.1) is 3.90 Å². The molecule has 0 saturated carbocycles. The van der Waals surface area contributed by atoms with E-state index in [2.05, 4.69) is 15.3 Å². The van der Waals surface area contributed by atoms with Gasteiger partial charge in [-0.25, -0.2) is 9.97 Å². The van der Waals surface area contributed by atoms with Gasteiger partial charge >= 0.3 is 6.18 Å². The zero-order valence-corrected chi connectivity index (χ0v) is 19.9. The van der Waals surface area contributed by atoms with Crippen LogP contribution in [-0.2, 0) is 11.8 Å². The Morgan fingerprint density at radius 2 is 2.12 bits per heavy atom. The van der Waals surface area contributed by atoms with Gasteiger partial charge in [-0.3, -0.25) is 0 Å². The summed E-state index contributed by atoms with van der Waals surface area (Å²) in [5, 5.41) is 14.5. The molecule has 11 heteroatoms. The van der Waals surface area contributed by atoms with Gasteiger partial charge in [-0.2, -0.15) is 13.2 Å². The molecule has 2 unspecified atom stereocenters. The number of ether oxygens (including phenoxy) is 1. The number of piperidine rings is 1. The quantitative estimate of drug-likeness (QED) is 0.440. The van der Waals surface area contributed by atoms with Crippen molar-refractivity contribution in [3.63, 3.8) is 0 Å². The zero-order valence-electron chi connectivity index (χ0n) is 17.8. The Morgan fingerprint density at radius 3 is 2.75 bits per heavy atom. The number of hydrogen-bond acceptors (Lipinski definition) is 6. The van der Waals surface area contributed by atoms with Crippen LogP contribution in [0.15, 0.2) is 29.1 Å². The molecule has 7 nitrogen and oxygen atoms in total. The lowest BCUT2D eigenvalue weighted by Gasteiger charge is -2.39. The maximum absolute atomic E-state index is 13.8. The predicted octanol–water partition coefficient (Wildman–Crippen LogP) is 4.64. The summed E-state index contributed by atoms with van der Waals surface area (Å²) in [5.74, 6) is 0.0818. The molecule has 3 aromatic rings. The average molecular weight is 564 g/mol. The minimum atomic E-state index is -4.55. The second-order valence-electron chi connectivity index (χ2n) is 8.58. The molecule has 3 atom stereocenters. The summed E-state index contributed by atoms with van der Waals surface area (Å²) < 4.78 is 54.3. The highest BCUT2D eigenvalue weighted by molar-refractivity contribution is 14.1. The van der Waals surface area contributed by atoms with Crippen LogP contribution in [0.3, 0.4) is 0 Å². The molecule has 3 heterocycles. The van der Waals surface area contributed by atoms with Gasteiger partial charge in [-0.1, -0.05) is 0 Å². The number of fused-ring (bicyclic) bond motifs is 1. The zero-order chi connectivity index (χ0) is 23.3. The maximum atomic E-state index is 13.8. The lowest BCUT2D eigenvalue weighted by atomic mass is 9.82. The Hall–Kier alpha value is -1.86. The van der Waals surface area contributed by atoms with E-state index in [1.165, 1.54) is 23.2 Å². The Bertz CT molecular complexity index is 1110. The largest absolute Gasteiger partial charge is 0.492 e. The molecule has 0 spiro atoms. The standard InChI is InChI=1S/C21H24F3IN4O3/c1-11(2)29-10-26-16-5-14(4-15(18(16)29)21(22,23)24)31-8-13-7-20(30,6-12(3)27-13)17-9-32-19(25)28-17/h4-5,9-13,27,30H,6-8H2,1-3H3/t12?,13-,20?/m0/s1. The summed E-state index contributed by atoms with van der Waals surface area (Å²) >= 11 is 1.93. The number of benzene rings is 1. The lowest BCUT2D eigenvalue weighted by molar-refractivity contribution is -0.136. The number of oxazole rings is 1. The molecular formula is C21H24F3IN4O3. The third-order valence-corrected chi connectivity index (χ3v) is 6.15. The van der Waals surface area contributed by atoms with Gasteiger partial charge in [-0.05, 0) is 33.3 Å². The lowest BCUT2D eigenvalue weighted by Crippen LogP contribution is -2.53. The monoisotopic (exact) mass is 564 g/mol. The molecule has 2 N–H and O–H groups in total. The Kier molecular flexibility index (Phi) is 6.18. The van der Waals surface area contributed by atoms with Crippen LogP contribution < -0.4 is 10.1 Å². The van der Waals surface area contributed by atoms with Crippen LogP contribution in [-0.4, -0.2) is 38.3 Å². The highest BCUT2D eigenvalue weighted by atomic mass is 127. The number of aromatic nitrogens is 3. The van der Waals surface area contributed by atoms with Gasteiger partial charge in [0.05, 0.1) is 22.9 Å². The molecule has 4 rings (SSSR count). The van der Waals surface area contributed by atoms with Crippen molar-refractivity contribution in [2.24, 2.45) is 0 Å². The van der Waals surface area contributed by atoms with Crippen LogP contribution in [0.5, 0.6) is 5.75 Å². The van der Waals surface area contributed by atoms with Gasteiger partial charge in [0.15, 0.2) is 0 Å². The van der Waals surface area contributed by atoms with E-state index in [9.17, 15) is 18.3 Å². The molecule has 0 amide bonds. The average Bonchev–Trinajstić information content (AvgIpc) is 3.31. The fraction of sp³-hybridized carbons (Fsp3) is 0.524. The molecule has 174 valence electrons. The van der Waals surface area contributed by atoms with E-state index in [1.54, 1.807) is 13.8 Å². The van der Waals surface area contributed by atoms with Crippen molar-refractivity contribution in [1.82, 2.24) is 19.9 Å². The summed E-state index contributed by atoms with van der Waals surface area (Å²) in [7, 11) is 0. The van der Waals surface area contributed by atoms with Crippen molar-refractivity contribution < 1.29 is 27.4 Å². The number of halogens is 4. The van der Waals surface area contributed by atoms with Crippen molar-refractivity contribution >= 4 is 33.6 Å². The summed E-state index contributed by atoms with van der Waals surface area (Å²) in [6, 6.07) is 2.02. The van der Waals surface area contributed by atoms with Gasteiger partial charge in [0.2, 0.25) is 0 Å². The number of nitrogens with one attached hydrogen (secondary N) is 1. The predicted molar refractivity (Wildman–Crippen MR) is 119 cm³/mol. The van der Waals surface area contributed by atoms with Gasteiger partial charge < -0.3 is 24.1 Å². The molecule has 32 heavy (non-hydrogen) atoms. The van der Waals surface area contributed by atoms with E-state index in [0.717, 1.165) is 6.07 Å². The van der Waals surface area contributed by atoms with Crippen LogP contribution in [0.1, 0.15) is 50.9 Å².